The fourth-order valence-electron chi connectivity index (χ4n) is 2.98. The van der Waals surface area contributed by atoms with Crippen molar-refractivity contribution in [3.05, 3.63) is 41.5 Å². The van der Waals surface area contributed by atoms with Crippen LogP contribution in [-0.4, -0.2) is 42.1 Å². The topological polar surface area (TPSA) is 119 Å². The Balaban J connectivity index is 2.34. The smallest absolute Gasteiger partial charge is 0.340 e. The number of hydrogen-bond acceptors (Lipinski definition) is 6. The minimum absolute atomic E-state index is 0.0708. The van der Waals surface area contributed by atoms with Crippen LogP contribution < -0.4 is 5.32 Å². The Bertz CT molecular complexity index is 800. The largest absolute Gasteiger partial charge is 0.481 e. The van der Waals surface area contributed by atoms with Crippen molar-refractivity contribution in [1.82, 2.24) is 0 Å². The average Bonchev–Trinajstić information content (AvgIpc) is 2.68. The van der Waals surface area contributed by atoms with Crippen molar-refractivity contribution in [3.63, 3.8) is 0 Å². The van der Waals surface area contributed by atoms with Crippen LogP contribution in [0.3, 0.4) is 0 Å². The van der Waals surface area contributed by atoms with E-state index in [2.05, 4.69) is 5.32 Å². The highest BCUT2D eigenvalue weighted by Gasteiger charge is 2.34. The molecule has 1 aromatic carbocycles. The summed E-state index contributed by atoms with van der Waals surface area (Å²) in [6, 6.07) is 4.11. The molecular formula is C20H23NO7. The number of carboxylic acid groups (broad SMARTS) is 1. The van der Waals surface area contributed by atoms with Gasteiger partial charge >= 0.3 is 17.9 Å². The number of esters is 2. The third-order valence-corrected chi connectivity index (χ3v) is 4.37. The van der Waals surface area contributed by atoms with Crippen LogP contribution in [0, 0.1) is 11.8 Å². The van der Waals surface area contributed by atoms with E-state index in [9.17, 15) is 24.3 Å². The molecule has 0 heterocycles. The molecule has 8 heteroatoms. The summed E-state index contributed by atoms with van der Waals surface area (Å²) in [4.78, 5) is 48.4. The van der Waals surface area contributed by atoms with E-state index in [0.717, 1.165) is 0 Å². The van der Waals surface area contributed by atoms with E-state index in [1.165, 1.54) is 18.2 Å². The highest BCUT2D eigenvalue weighted by molar-refractivity contribution is 6.04. The third-order valence-electron chi connectivity index (χ3n) is 4.37. The van der Waals surface area contributed by atoms with Crippen LogP contribution in [0.1, 0.15) is 47.4 Å². The van der Waals surface area contributed by atoms with Gasteiger partial charge < -0.3 is 19.9 Å². The molecule has 2 N–H and O–H groups in total. The Hall–Kier alpha value is -3.16. The average molecular weight is 389 g/mol. The second-order valence-electron chi connectivity index (χ2n) is 6.18. The number of anilines is 1. The molecule has 1 aliphatic carbocycles. The molecule has 0 saturated carbocycles. The lowest BCUT2D eigenvalue weighted by atomic mass is 9.82. The number of nitrogens with one attached hydrogen (secondary N) is 1. The predicted molar refractivity (Wildman–Crippen MR) is 100.0 cm³/mol. The number of rotatable bonds is 7. The Kier molecular flexibility index (Phi) is 7.31. The Labute approximate surface area is 162 Å². The first-order chi connectivity index (χ1) is 13.4. The van der Waals surface area contributed by atoms with Gasteiger partial charge in [0.2, 0.25) is 5.91 Å². The SMILES string of the molecule is CCOC(=O)c1ccc(C(=O)OCC)c(NC(=O)[C@H]2CC=CC[C@@H]2C(=O)O)c1. The van der Waals surface area contributed by atoms with Crippen LogP contribution in [0.2, 0.25) is 0 Å². The number of amides is 1. The number of aliphatic carboxylic acids is 1. The molecule has 1 aromatic rings. The van der Waals surface area contributed by atoms with Gasteiger partial charge in [0.1, 0.15) is 0 Å². The Morgan fingerprint density at radius 3 is 2.21 bits per heavy atom. The van der Waals surface area contributed by atoms with E-state index in [0.29, 0.717) is 0 Å². The molecular weight excluding hydrogens is 366 g/mol. The van der Waals surface area contributed by atoms with Gasteiger partial charge in [-0.05, 0) is 44.9 Å². The highest BCUT2D eigenvalue weighted by atomic mass is 16.5. The van der Waals surface area contributed by atoms with E-state index >= 15 is 0 Å². The Morgan fingerprint density at radius 2 is 1.61 bits per heavy atom. The summed E-state index contributed by atoms with van der Waals surface area (Å²) in [7, 11) is 0. The van der Waals surface area contributed by atoms with Crippen LogP contribution in [0.4, 0.5) is 5.69 Å². The standard InChI is InChI=1S/C20H23NO7/c1-3-27-19(25)12-9-10-15(20(26)28-4-2)16(11-12)21-17(22)13-7-5-6-8-14(13)18(23)24/h5-6,9-11,13-14H,3-4,7-8H2,1-2H3,(H,21,22)(H,23,24)/t13-,14-/m0/s1. The van der Waals surface area contributed by atoms with Gasteiger partial charge in [-0.15, -0.1) is 0 Å². The van der Waals surface area contributed by atoms with Crippen molar-refractivity contribution in [2.24, 2.45) is 11.8 Å². The summed E-state index contributed by atoms with van der Waals surface area (Å²) < 4.78 is 9.94. The molecule has 0 spiro atoms. The molecule has 0 unspecified atom stereocenters. The van der Waals surface area contributed by atoms with E-state index in [4.69, 9.17) is 9.47 Å². The second-order valence-corrected chi connectivity index (χ2v) is 6.18. The fourth-order valence-corrected chi connectivity index (χ4v) is 2.98. The molecule has 1 amide bonds. The first-order valence-corrected chi connectivity index (χ1v) is 9.05. The number of allylic oxidation sites excluding steroid dienone is 2. The second kappa shape index (κ2) is 9.68. The number of benzene rings is 1. The van der Waals surface area contributed by atoms with Gasteiger partial charge in [0, 0.05) is 0 Å². The molecule has 0 aliphatic heterocycles. The van der Waals surface area contributed by atoms with Gasteiger partial charge in [0.15, 0.2) is 0 Å². The molecule has 1 aliphatic rings. The number of carbonyl (C=O) groups excluding carboxylic acids is 3. The maximum Gasteiger partial charge on any atom is 0.340 e. The van der Waals surface area contributed by atoms with Crippen molar-refractivity contribution >= 4 is 29.5 Å². The summed E-state index contributed by atoms with van der Waals surface area (Å²) in [5, 5.41) is 12.0. The summed E-state index contributed by atoms with van der Waals surface area (Å²) in [5.74, 6) is -4.50. The molecule has 0 bridgehead atoms. The molecule has 0 saturated heterocycles. The van der Waals surface area contributed by atoms with Crippen molar-refractivity contribution < 1.29 is 33.8 Å². The molecule has 0 aromatic heterocycles. The van der Waals surface area contributed by atoms with Gasteiger partial charge in [-0.3, -0.25) is 9.59 Å². The molecule has 2 atom stereocenters. The van der Waals surface area contributed by atoms with Crippen LogP contribution >= 0.6 is 0 Å². The van der Waals surface area contributed by atoms with Crippen molar-refractivity contribution in [2.75, 3.05) is 18.5 Å². The minimum Gasteiger partial charge on any atom is -0.481 e. The molecule has 28 heavy (non-hydrogen) atoms. The number of hydrogen-bond donors (Lipinski definition) is 2. The molecule has 150 valence electrons. The lowest BCUT2D eigenvalue weighted by Crippen LogP contribution is -2.35. The van der Waals surface area contributed by atoms with Crippen LogP contribution in [-0.2, 0) is 19.1 Å². The van der Waals surface area contributed by atoms with Crippen LogP contribution in [0.15, 0.2) is 30.4 Å². The summed E-state index contributed by atoms with van der Waals surface area (Å²) in [5.41, 5.74) is 0.303. The molecule has 8 nitrogen and oxygen atoms in total. The zero-order valence-electron chi connectivity index (χ0n) is 15.8. The van der Waals surface area contributed by atoms with Crippen molar-refractivity contribution in [3.8, 4) is 0 Å². The van der Waals surface area contributed by atoms with Crippen molar-refractivity contribution in [1.29, 1.82) is 0 Å². The maximum atomic E-state index is 12.7. The lowest BCUT2D eigenvalue weighted by Gasteiger charge is -2.24. The van der Waals surface area contributed by atoms with Gasteiger partial charge in [-0.2, -0.15) is 0 Å². The quantitative estimate of drug-likeness (QED) is 0.543. The molecule has 2 rings (SSSR count). The lowest BCUT2D eigenvalue weighted by molar-refractivity contribution is -0.146. The van der Waals surface area contributed by atoms with Gasteiger partial charge in [-0.25, -0.2) is 9.59 Å². The molecule has 0 fully saturated rings. The maximum absolute atomic E-state index is 12.7. The van der Waals surface area contributed by atoms with Gasteiger partial charge in [0.05, 0.1) is 41.9 Å². The first-order valence-electron chi connectivity index (χ1n) is 9.05. The zero-order valence-corrected chi connectivity index (χ0v) is 15.8. The number of carbonyl (C=O) groups is 4. The zero-order chi connectivity index (χ0) is 20.7. The highest BCUT2D eigenvalue weighted by Crippen LogP contribution is 2.28. The van der Waals surface area contributed by atoms with Gasteiger partial charge in [-0.1, -0.05) is 12.2 Å². The van der Waals surface area contributed by atoms with Crippen molar-refractivity contribution in [2.45, 2.75) is 26.7 Å². The van der Waals surface area contributed by atoms with E-state index in [1.54, 1.807) is 26.0 Å². The van der Waals surface area contributed by atoms with E-state index in [1.807, 2.05) is 0 Å². The van der Waals surface area contributed by atoms with E-state index in [-0.39, 0.29) is 42.9 Å². The third kappa shape index (κ3) is 4.97. The van der Waals surface area contributed by atoms with Gasteiger partial charge in [0.25, 0.3) is 0 Å². The summed E-state index contributed by atoms with van der Waals surface area (Å²) in [6.45, 7) is 3.63. The normalized spacial score (nSPS) is 18.2. The summed E-state index contributed by atoms with van der Waals surface area (Å²) in [6.07, 6.45) is 4.01. The Morgan fingerprint density at radius 1 is 1.00 bits per heavy atom. The molecule has 0 radical (unpaired) electrons. The fraction of sp³-hybridized carbons (Fsp3) is 0.400. The number of carboxylic acids is 1. The van der Waals surface area contributed by atoms with Crippen LogP contribution in [0.5, 0.6) is 0 Å². The van der Waals surface area contributed by atoms with Crippen LogP contribution in [0.25, 0.3) is 0 Å². The number of ether oxygens (including phenoxy) is 2. The monoisotopic (exact) mass is 389 g/mol. The first kappa shape index (κ1) is 21.1. The summed E-state index contributed by atoms with van der Waals surface area (Å²) >= 11 is 0. The van der Waals surface area contributed by atoms with E-state index < -0.39 is 35.7 Å². The minimum atomic E-state index is -1.06. The predicted octanol–water partition coefficient (Wildman–Crippen LogP) is 2.65.